The zero-order valence-corrected chi connectivity index (χ0v) is 18.8. The van der Waals surface area contributed by atoms with Gasteiger partial charge in [0.1, 0.15) is 11.5 Å². The van der Waals surface area contributed by atoms with Crippen LogP contribution >= 0.6 is 0 Å². The van der Waals surface area contributed by atoms with Gasteiger partial charge in [-0.15, -0.1) is 0 Å². The molecule has 31 heavy (non-hydrogen) atoms. The standard InChI is InChI=1S/C25H32N2O4/c1-5-27(18(2)14-19-6-10-22(30-3)11-7-19)25(29)21-15-24(28)26(17-21)16-20-8-12-23(31-4)13-9-20/h6-13,18,21H,5,14-17H2,1-4H3. The van der Waals surface area contributed by atoms with Gasteiger partial charge in [0.05, 0.1) is 20.1 Å². The van der Waals surface area contributed by atoms with E-state index in [-0.39, 0.29) is 30.2 Å². The second kappa shape index (κ2) is 10.3. The molecule has 1 fully saturated rings. The predicted molar refractivity (Wildman–Crippen MR) is 120 cm³/mol. The summed E-state index contributed by atoms with van der Waals surface area (Å²) < 4.78 is 10.4. The molecule has 2 unspecified atom stereocenters. The first-order chi connectivity index (χ1) is 14.9. The first-order valence-electron chi connectivity index (χ1n) is 10.8. The Bertz CT molecular complexity index is 879. The maximum Gasteiger partial charge on any atom is 0.228 e. The lowest BCUT2D eigenvalue weighted by molar-refractivity contribution is -0.137. The van der Waals surface area contributed by atoms with Crippen LogP contribution in [0.15, 0.2) is 48.5 Å². The molecule has 1 heterocycles. The zero-order chi connectivity index (χ0) is 22.4. The minimum Gasteiger partial charge on any atom is -0.497 e. The molecule has 3 rings (SSSR count). The van der Waals surface area contributed by atoms with E-state index < -0.39 is 0 Å². The van der Waals surface area contributed by atoms with Crippen LogP contribution < -0.4 is 9.47 Å². The summed E-state index contributed by atoms with van der Waals surface area (Å²) in [4.78, 5) is 29.5. The molecule has 1 aliphatic rings. The average molecular weight is 425 g/mol. The Morgan fingerprint density at radius 1 is 1.03 bits per heavy atom. The van der Waals surface area contributed by atoms with Gasteiger partial charge >= 0.3 is 0 Å². The summed E-state index contributed by atoms with van der Waals surface area (Å²) in [6, 6.07) is 15.7. The fourth-order valence-corrected chi connectivity index (χ4v) is 4.17. The lowest BCUT2D eigenvalue weighted by atomic mass is 10.0. The third-order valence-electron chi connectivity index (χ3n) is 5.94. The molecule has 0 N–H and O–H groups in total. The highest BCUT2D eigenvalue weighted by atomic mass is 16.5. The second-order valence-electron chi connectivity index (χ2n) is 8.05. The van der Waals surface area contributed by atoms with Gasteiger partial charge < -0.3 is 19.3 Å². The van der Waals surface area contributed by atoms with Crippen molar-refractivity contribution >= 4 is 11.8 Å². The normalized spacial score (nSPS) is 16.8. The highest BCUT2D eigenvalue weighted by Crippen LogP contribution is 2.24. The van der Waals surface area contributed by atoms with E-state index in [1.54, 1.807) is 19.1 Å². The van der Waals surface area contributed by atoms with Crippen LogP contribution in [0, 0.1) is 5.92 Å². The number of amides is 2. The summed E-state index contributed by atoms with van der Waals surface area (Å²) in [5, 5.41) is 0. The van der Waals surface area contributed by atoms with Gasteiger partial charge in [0, 0.05) is 32.1 Å². The number of nitrogens with zero attached hydrogens (tertiary/aromatic N) is 2. The van der Waals surface area contributed by atoms with Crippen molar-refractivity contribution in [2.45, 2.75) is 39.3 Å². The van der Waals surface area contributed by atoms with E-state index >= 15 is 0 Å². The molecule has 2 atom stereocenters. The van der Waals surface area contributed by atoms with Crippen LogP contribution in [0.4, 0.5) is 0 Å². The first kappa shape index (κ1) is 22.7. The molecular formula is C25H32N2O4. The van der Waals surface area contributed by atoms with Crippen molar-refractivity contribution in [3.63, 3.8) is 0 Å². The number of likely N-dealkylation sites (tertiary alicyclic amines) is 1. The molecule has 1 saturated heterocycles. The third kappa shape index (κ3) is 5.57. The summed E-state index contributed by atoms with van der Waals surface area (Å²) in [5.74, 6) is 1.42. The molecule has 0 aliphatic carbocycles. The first-order valence-corrected chi connectivity index (χ1v) is 10.8. The van der Waals surface area contributed by atoms with Crippen molar-refractivity contribution in [3.8, 4) is 11.5 Å². The van der Waals surface area contributed by atoms with Gasteiger partial charge in [-0.05, 0) is 55.7 Å². The number of carbonyl (C=O) groups is 2. The molecule has 166 valence electrons. The molecule has 2 aromatic rings. The number of methoxy groups -OCH3 is 2. The van der Waals surface area contributed by atoms with Crippen LogP contribution in [-0.4, -0.2) is 55.0 Å². The molecule has 6 heteroatoms. The number of benzene rings is 2. The average Bonchev–Trinajstić information content (AvgIpc) is 3.15. The number of hydrogen-bond donors (Lipinski definition) is 0. The summed E-state index contributed by atoms with van der Waals surface area (Å²) in [7, 11) is 3.28. The molecule has 0 aromatic heterocycles. The van der Waals surface area contributed by atoms with E-state index in [9.17, 15) is 9.59 Å². The summed E-state index contributed by atoms with van der Waals surface area (Å²) in [6.07, 6.45) is 1.04. The Morgan fingerprint density at radius 3 is 2.10 bits per heavy atom. The second-order valence-corrected chi connectivity index (χ2v) is 8.05. The quantitative estimate of drug-likeness (QED) is 0.618. The van der Waals surface area contributed by atoms with E-state index in [4.69, 9.17) is 9.47 Å². The van der Waals surface area contributed by atoms with Crippen LogP contribution in [0.1, 0.15) is 31.4 Å². The molecular weight excluding hydrogens is 392 g/mol. The van der Waals surface area contributed by atoms with Crippen molar-refractivity contribution in [1.29, 1.82) is 0 Å². The number of rotatable bonds is 9. The largest absolute Gasteiger partial charge is 0.497 e. The SMILES string of the molecule is CCN(C(=O)C1CC(=O)N(Cc2ccc(OC)cc2)C1)C(C)Cc1ccc(OC)cc1. The fourth-order valence-electron chi connectivity index (χ4n) is 4.17. The minimum atomic E-state index is -0.288. The minimum absolute atomic E-state index is 0.0352. The van der Waals surface area contributed by atoms with Crippen molar-refractivity contribution in [1.82, 2.24) is 9.80 Å². The van der Waals surface area contributed by atoms with E-state index in [1.165, 1.54) is 0 Å². The molecule has 2 amide bonds. The van der Waals surface area contributed by atoms with Crippen LogP contribution in [0.5, 0.6) is 11.5 Å². The van der Waals surface area contributed by atoms with Gasteiger partial charge in [0.25, 0.3) is 0 Å². The van der Waals surface area contributed by atoms with Gasteiger partial charge in [-0.2, -0.15) is 0 Å². The third-order valence-corrected chi connectivity index (χ3v) is 5.94. The van der Waals surface area contributed by atoms with Crippen molar-refractivity contribution < 1.29 is 19.1 Å². The van der Waals surface area contributed by atoms with Crippen molar-refractivity contribution in [3.05, 3.63) is 59.7 Å². The number of likely N-dealkylation sites (N-methyl/N-ethyl adjacent to an activating group) is 1. The maximum atomic E-state index is 13.2. The van der Waals surface area contributed by atoms with Crippen LogP contribution in [0.2, 0.25) is 0 Å². The van der Waals surface area contributed by atoms with Crippen LogP contribution in [0.25, 0.3) is 0 Å². The Hall–Kier alpha value is -3.02. The number of hydrogen-bond acceptors (Lipinski definition) is 4. The van der Waals surface area contributed by atoms with Crippen LogP contribution in [-0.2, 0) is 22.6 Å². The monoisotopic (exact) mass is 424 g/mol. The van der Waals surface area contributed by atoms with E-state index in [0.29, 0.717) is 19.6 Å². The Morgan fingerprint density at radius 2 is 1.58 bits per heavy atom. The molecule has 0 radical (unpaired) electrons. The van der Waals surface area contributed by atoms with E-state index in [2.05, 4.69) is 6.92 Å². The Balaban J connectivity index is 1.60. The lowest BCUT2D eigenvalue weighted by Gasteiger charge is -2.30. The van der Waals surface area contributed by atoms with E-state index in [1.807, 2.05) is 60.4 Å². The smallest absolute Gasteiger partial charge is 0.228 e. The summed E-state index contributed by atoms with van der Waals surface area (Å²) in [5.41, 5.74) is 2.19. The summed E-state index contributed by atoms with van der Waals surface area (Å²) in [6.45, 7) is 5.67. The lowest BCUT2D eigenvalue weighted by Crippen LogP contribution is -2.43. The molecule has 2 aromatic carbocycles. The van der Waals surface area contributed by atoms with Gasteiger partial charge in [0.2, 0.25) is 11.8 Å². The zero-order valence-electron chi connectivity index (χ0n) is 18.8. The highest BCUT2D eigenvalue weighted by molar-refractivity contribution is 5.89. The molecule has 0 bridgehead atoms. The highest BCUT2D eigenvalue weighted by Gasteiger charge is 2.37. The molecule has 6 nitrogen and oxygen atoms in total. The summed E-state index contributed by atoms with van der Waals surface area (Å²) >= 11 is 0. The van der Waals surface area contributed by atoms with Gasteiger partial charge in [-0.1, -0.05) is 24.3 Å². The van der Waals surface area contributed by atoms with Gasteiger partial charge in [0.15, 0.2) is 0 Å². The van der Waals surface area contributed by atoms with Gasteiger partial charge in [-0.3, -0.25) is 9.59 Å². The van der Waals surface area contributed by atoms with E-state index in [0.717, 1.165) is 29.0 Å². The van der Waals surface area contributed by atoms with Crippen molar-refractivity contribution in [2.24, 2.45) is 5.92 Å². The number of ether oxygens (including phenoxy) is 2. The maximum absolute atomic E-state index is 13.2. The molecule has 0 saturated carbocycles. The predicted octanol–water partition coefficient (Wildman–Crippen LogP) is 3.53. The fraction of sp³-hybridized carbons (Fsp3) is 0.440. The Labute approximate surface area is 184 Å². The van der Waals surface area contributed by atoms with Crippen molar-refractivity contribution in [2.75, 3.05) is 27.3 Å². The Kier molecular flexibility index (Phi) is 7.55. The molecule has 1 aliphatic heterocycles. The van der Waals surface area contributed by atoms with Crippen LogP contribution in [0.3, 0.4) is 0 Å². The van der Waals surface area contributed by atoms with Gasteiger partial charge in [-0.25, -0.2) is 0 Å². The molecule has 0 spiro atoms. The number of carbonyl (C=O) groups excluding carboxylic acids is 2. The topological polar surface area (TPSA) is 59.1 Å².